The predicted molar refractivity (Wildman–Crippen MR) is 71.6 cm³/mol. The van der Waals surface area contributed by atoms with Gasteiger partial charge >= 0.3 is 0 Å². The molecule has 0 heterocycles. The SMILES string of the molecule is CCC1CCCC(NC(=S)NCCOC)C1. The molecule has 2 unspecified atom stereocenters. The first-order valence-electron chi connectivity index (χ1n) is 6.29. The van der Waals surface area contributed by atoms with E-state index >= 15 is 0 Å². The maximum Gasteiger partial charge on any atom is 0.166 e. The Hall–Kier alpha value is -0.350. The zero-order chi connectivity index (χ0) is 11.8. The van der Waals surface area contributed by atoms with Crippen molar-refractivity contribution in [3.63, 3.8) is 0 Å². The number of nitrogens with one attached hydrogen (secondary N) is 2. The number of ether oxygens (including phenoxy) is 1. The average molecular weight is 244 g/mol. The summed E-state index contributed by atoms with van der Waals surface area (Å²) in [5, 5.41) is 7.34. The Balaban J connectivity index is 2.17. The van der Waals surface area contributed by atoms with Crippen LogP contribution in [0.1, 0.15) is 39.0 Å². The number of rotatable bonds is 5. The lowest BCUT2D eigenvalue weighted by Gasteiger charge is -2.30. The molecule has 0 saturated heterocycles. The lowest BCUT2D eigenvalue weighted by Crippen LogP contribution is -2.44. The van der Waals surface area contributed by atoms with Crippen molar-refractivity contribution in [3.05, 3.63) is 0 Å². The van der Waals surface area contributed by atoms with Gasteiger partial charge in [-0.25, -0.2) is 0 Å². The molecule has 1 aliphatic rings. The van der Waals surface area contributed by atoms with Crippen LogP contribution in [0.5, 0.6) is 0 Å². The van der Waals surface area contributed by atoms with E-state index in [9.17, 15) is 0 Å². The number of thiocarbonyl (C=S) groups is 1. The molecule has 1 rings (SSSR count). The maximum atomic E-state index is 5.25. The second-order valence-corrected chi connectivity index (χ2v) is 4.94. The van der Waals surface area contributed by atoms with Gasteiger partial charge in [-0.15, -0.1) is 0 Å². The maximum absolute atomic E-state index is 5.25. The highest BCUT2D eigenvalue weighted by Gasteiger charge is 2.20. The van der Waals surface area contributed by atoms with Gasteiger partial charge in [-0.05, 0) is 31.0 Å². The van der Waals surface area contributed by atoms with Gasteiger partial charge in [0.1, 0.15) is 0 Å². The summed E-state index contributed by atoms with van der Waals surface area (Å²) in [4.78, 5) is 0. The second-order valence-electron chi connectivity index (χ2n) is 4.53. The molecule has 0 aromatic heterocycles. The van der Waals surface area contributed by atoms with Crippen molar-refractivity contribution in [2.45, 2.75) is 45.1 Å². The van der Waals surface area contributed by atoms with E-state index in [2.05, 4.69) is 17.6 Å². The molecule has 2 atom stereocenters. The van der Waals surface area contributed by atoms with Crippen LogP contribution in [0.25, 0.3) is 0 Å². The van der Waals surface area contributed by atoms with E-state index in [1.54, 1.807) is 7.11 Å². The Kier molecular flexibility index (Phi) is 6.73. The summed E-state index contributed by atoms with van der Waals surface area (Å²) in [6.07, 6.45) is 6.53. The molecule has 1 saturated carbocycles. The smallest absolute Gasteiger partial charge is 0.166 e. The van der Waals surface area contributed by atoms with Crippen LogP contribution in [-0.4, -0.2) is 31.4 Å². The van der Waals surface area contributed by atoms with Gasteiger partial charge in [0, 0.05) is 19.7 Å². The lowest BCUT2D eigenvalue weighted by atomic mass is 9.84. The van der Waals surface area contributed by atoms with Crippen LogP contribution >= 0.6 is 12.2 Å². The van der Waals surface area contributed by atoms with Crippen LogP contribution in [0.15, 0.2) is 0 Å². The largest absolute Gasteiger partial charge is 0.383 e. The van der Waals surface area contributed by atoms with Crippen molar-refractivity contribution in [1.82, 2.24) is 10.6 Å². The minimum absolute atomic E-state index is 0.571. The highest BCUT2D eigenvalue weighted by molar-refractivity contribution is 7.80. The molecule has 2 N–H and O–H groups in total. The van der Waals surface area contributed by atoms with Crippen molar-refractivity contribution in [2.24, 2.45) is 5.92 Å². The topological polar surface area (TPSA) is 33.3 Å². The Bertz CT molecular complexity index is 211. The van der Waals surface area contributed by atoms with Crippen molar-refractivity contribution in [2.75, 3.05) is 20.3 Å². The van der Waals surface area contributed by atoms with Gasteiger partial charge in [0.25, 0.3) is 0 Å². The standard InChI is InChI=1S/C12H24N2OS/c1-3-10-5-4-6-11(9-10)14-12(16)13-7-8-15-2/h10-11H,3-9H2,1-2H3,(H2,13,14,16). The van der Waals surface area contributed by atoms with Gasteiger partial charge < -0.3 is 15.4 Å². The normalized spacial score (nSPS) is 25.1. The van der Waals surface area contributed by atoms with E-state index in [-0.39, 0.29) is 0 Å². The van der Waals surface area contributed by atoms with Crippen LogP contribution in [0, 0.1) is 5.92 Å². The summed E-state index contributed by atoms with van der Waals surface area (Å²) in [6, 6.07) is 0.571. The monoisotopic (exact) mass is 244 g/mol. The molecule has 16 heavy (non-hydrogen) atoms. The van der Waals surface area contributed by atoms with E-state index in [1.165, 1.54) is 32.1 Å². The molecule has 0 aromatic rings. The summed E-state index contributed by atoms with van der Waals surface area (Å²) >= 11 is 5.25. The molecule has 0 aromatic carbocycles. The summed E-state index contributed by atoms with van der Waals surface area (Å²) in [5.41, 5.74) is 0. The molecule has 94 valence electrons. The minimum atomic E-state index is 0.571. The van der Waals surface area contributed by atoms with Crippen LogP contribution in [0.4, 0.5) is 0 Å². The minimum Gasteiger partial charge on any atom is -0.383 e. The van der Waals surface area contributed by atoms with E-state index in [4.69, 9.17) is 17.0 Å². The summed E-state index contributed by atoms with van der Waals surface area (Å²) in [6.45, 7) is 3.76. The molecule has 0 spiro atoms. The van der Waals surface area contributed by atoms with Crippen molar-refractivity contribution in [3.8, 4) is 0 Å². The second kappa shape index (κ2) is 7.85. The average Bonchev–Trinajstić information content (AvgIpc) is 2.29. The summed E-state index contributed by atoms with van der Waals surface area (Å²) in [5.74, 6) is 0.882. The molecule has 0 bridgehead atoms. The van der Waals surface area contributed by atoms with Crippen molar-refractivity contribution >= 4 is 17.3 Å². The fourth-order valence-corrected chi connectivity index (χ4v) is 2.56. The first-order valence-corrected chi connectivity index (χ1v) is 6.70. The van der Waals surface area contributed by atoms with Crippen molar-refractivity contribution < 1.29 is 4.74 Å². The fourth-order valence-electron chi connectivity index (χ4n) is 2.30. The highest BCUT2D eigenvalue weighted by Crippen LogP contribution is 2.26. The molecule has 1 fully saturated rings. The molecular formula is C12H24N2OS. The molecule has 4 heteroatoms. The van der Waals surface area contributed by atoms with Gasteiger partial charge in [-0.2, -0.15) is 0 Å². The van der Waals surface area contributed by atoms with E-state index in [1.807, 2.05) is 0 Å². The molecule has 1 aliphatic carbocycles. The summed E-state index contributed by atoms with van der Waals surface area (Å²) in [7, 11) is 1.70. The molecular weight excluding hydrogens is 220 g/mol. The fraction of sp³-hybridized carbons (Fsp3) is 0.917. The third-order valence-corrected chi connectivity index (χ3v) is 3.55. The Morgan fingerprint density at radius 3 is 2.94 bits per heavy atom. The van der Waals surface area contributed by atoms with Gasteiger partial charge in [-0.3, -0.25) is 0 Å². The Labute approximate surface area is 104 Å². The van der Waals surface area contributed by atoms with E-state index in [0.717, 1.165) is 17.6 Å². The van der Waals surface area contributed by atoms with Crippen molar-refractivity contribution in [1.29, 1.82) is 0 Å². The van der Waals surface area contributed by atoms with Crippen LogP contribution < -0.4 is 10.6 Å². The van der Waals surface area contributed by atoms with E-state index in [0.29, 0.717) is 12.6 Å². The zero-order valence-corrected chi connectivity index (χ0v) is 11.2. The molecule has 0 amide bonds. The van der Waals surface area contributed by atoms with Gasteiger partial charge in [0.2, 0.25) is 0 Å². The highest BCUT2D eigenvalue weighted by atomic mass is 32.1. The predicted octanol–water partition coefficient (Wildman–Crippen LogP) is 2.07. The van der Waals surface area contributed by atoms with E-state index < -0.39 is 0 Å². The first kappa shape index (κ1) is 13.7. The van der Waals surface area contributed by atoms with Crippen LogP contribution in [0.3, 0.4) is 0 Å². The van der Waals surface area contributed by atoms with Gasteiger partial charge in [0.05, 0.1) is 6.61 Å². The number of hydrogen-bond acceptors (Lipinski definition) is 2. The van der Waals surface area contributed by atoms with Crippen LogP contribution in [0.2, 0.25) is 0 Å². The van der Waals surface area contributed by atoms with Gasteiger partial charge in [-0.1, -0.05) is 26.2 Å². The third-order valence-electron chi connectivity index (χ3n) is 3.29. The Morgan fingerprint density at radius 2 is 2.25 bits per heavy atom. The first-order chi connectivity index (χ1) is 7.76. The zero-order valence-electron chi connectivity index (χ0n) is 10.4. The van der Waals surface area contributed by atoms with Crippen LogP contribution in [-0.2, 0) is 4.74 Å². The lowest BCUT2D eigenvalue weighted by molar-refractivity contribution is 0.203. The third kappa shape index (κ3) is 5.12. The van der Waals surface area contributed by atoms with Gasteiger partial charge in [0.15, 0.2) is 5.11 Å². The number of methoxy groups -OCH3 is 1. The summed E-state index contributed by atoms with van der Waals surface area (Å²) < 4.78 is 4.97. The molecule has 3 nitrogen and oxygen atoms in total. The molecule has 0 radical (unpaired) electrons. The molecule has 0 aliphatic heterocycles. The quantitative estimate of drug-likeness (QED) is 0.573. The Morgan fingerprint density at radius 1 is 1.44 bits per heavy atom. The number of hydrogen-bond donors (Lipinski definition) is 2.